The van der Waals surface area contributed by atoms with E-state index in [1.807, 2.05) is 20.8 Å². The van der Waals surface area contributed by atoms with Crippen LogP contribution in [0.5, 0.6) is 0 Å². The molecule has 0 saturated carbocycles. The molecule has 0 radical (unpaired) electrons. The zero-order valence-corrected chi connectivity index (χ0v) is 18.8. The molecule has 0 aliphatic carbocycles. The van der Waals surface area contributed by atoms with Crippen LogP contribution in [0, 0.1) is 19.3 Å². The first-order valence-electron chi connectivity index (χ1n) is 8.82. The van der Waals surface area contributed by atoms with E-state index < -0.39 is 17.3 Å². The fourth-order valence-electron chi connectivity index (χ4n) is 2.73. The summed E-state index contributed by atoms with van der Waals surface area (Å²) in [5.74, 6) is 0.319. The van der Waals surface area contributed by atoms with Gasteiger partial charge in [0.1, 0.15) is 11.9 Å². The van der Waals surface area contributed by atoms with Gasteiger partial charge in [0, 0.05) is 29.2 Å². The smallest absolute Gasteiger partial charge is 0.328 e. The Kier molecular flexibility index (Phi) is 6.09. The van der Waals surface area contributed by atoms with Crippen molar-refractivity contribution in [2.75, 3.05) is 0 Å². The van der Waals surface area contributed by atoms with E-state index in [0.717, 1.165) is 16.4 Å². The first-order valence-corrected chi connectivity index (χ1v) is 8.82. The third-order valence-corrected chi connectivity index (χ3v) is 4.42. The Bertz CT molecular complexity index is 1200. The van der Waals surface area contributed by atoms with Gasteiger partial charge in [0.15, 0.2) is 0 Å². The van der Waals surface area contributed by atoms with Gasteiger partial charge in [-0.25, -0.2) is 0 Å². The summed E-state index contributed by atoms with van der Waals surface area (Å²) in [6.07, 6.45) is 3.81. The topological polar surface area (TPSA) is 87.2 Å². The number of halogens is 3. The molecule has 4 heterocycles. The van der Waals surface area contributed by atoms with Gasteiger partial charge in [0.2, 0.25) is 0 Å². The average molecular weight is 607 g/mol. The molecule has 0 bridgehead atoms. The summed E-state index contributed by atoms with van der Waals surface area (Å²) in [6, 6.07) is 5.88. The van der Waals surface area contributed by atoms with E-state index in [1.165, 1.54) is 10.9 Å². The second-order valence-electron chi connectivity index (χ2n) is 7.00. The average Bonchev–Trinajstić information content (AvgIpc) is 3.37. The van der Waals surface area contributed by atoms with Crippen molar-refractivity contribution in [2.24, 2.45) is 0 Å². The molecule has 31 heavy (non-hydrogen) atoms. The van der Waals surface area contributed by atoms with Crippen LogP contribution in [0.25, 0.3) is 11.9 Å². The number of aryl methyl sites for hydroxylation is 1. The maximum Gasteiger partial charge on any atom is 2.00 e. The second kappa shape index (κ2) is 8.30. The van der Waals surface area contributed by atoms with Crippen molar-refractivity contribution >= 4 is 0 Å². The van der Waals surface area contributed by atoms with Crippen molar-refractivity contribution in [2.45, 2.75) is 32.4 Å². The molecule has 0 N–H and O–H groups in total. The minimum atomic E-state index is -4.57. The Morgan fingerprint density at radius 3 is 1.77 bits per heavy atom. The van der Waals surface area contributed by atoms with Crippen molar-refractivity contribution < 1.29 is 34.2 Å². The molecule has 4 rings (SSSR count). The number of nitrogens with zero attached hydrogens (tertiary/aromatic N) is 8. The molecule has 8 nitrogen and oxygen atoms in total. The standard InChI is InChI=1S/C19H15F3N8.Pt/c1-12-6-10-29(27-12)16-23-8-4-13(25-16)18(2,3)14-5-9-24-17(26-14)30-11-7-15(28-30)19(20,21)22;/h4-9H,1-3H3;/q-2;+2. The molecule has 0 aliphatic rings. The summed E-state index contributed by atoms with van der Waals surface area (Å²) in [5, 5.41) is 7.73. The fraction of sp³-hybridized carbons (Fsp3) is 0.263. The second-order valence-corrected chi connectivity index (χ2v) is 7.00. The molecule has 0 unspecified atom stereocenters. The van der Waals surface area contributed by atoms with Gasteiger partial charge >= 0.3 is 27.2 Å². The van der Waals surface area contributed by atoms with Crippen molar-refractivity contribution in [1.82, 2.24) is 39.5 Å². The van der Waals surface area contributed by atoms with Crippen LogP contribution in [0.1, 0.15) is 36.6 Å². The van der Waals surface area contributed by atoms with Gasteiger partial charge in [0.25, 0.3) is 0 Å². The molecule has 162 valence electrons. The molecule has 0 saturated heterocycles. The van der Waals surface area contributed by atoms with Crippen molar-refractivity contribution in [1.29, 1.82) is 0 Å². The van der Waals surface area contributed by atoms with E-state index in [1.54, 1.807) is 24.4 Å². The maximum absolute atomic E-state index is 12.8. The SMILES string of the molecule is Cc1c[c-]n(-c2nccc(C(C)(C)c3ccnc(-n4[c-]cc(C(F)(F)F)n4)n3)n2)n1.[Pt+2]. The predicted octanol–water partition coefficient (Wildman–Crippen LogP) is 2.89. The summed E-state index contributed by atoms with van der Waals surface area (Å²) in [5.41, 5.74) is 0.172. The van der Waals surface area contributed by atoms with Crippen molar-refractivity contribution in [3.05, 3.63) is 71.8 Å². The van der Waals surface area contributed by atoms with Crippen LogP contribution in [-0.4, -0.2) is 39.5 Å². The van der Waals surface area contributed by atoms with E-state index in [0.29, 0.717) is 17.3 Å². The third-order valence-electron chi connectivity index (χ3n) is 4.42. The molecular weight excluding hydrogens is 592 g/mol. The van der Waals surface area contributed by atoms with E-state index in [4.69, 9.17) is 0 Å². The van der Waals surface area contributed by atoms with Gasteiger partial charge in [-0.15, -0.1) is 12.1 Å². The Labute approximate surface area is 189 Å². The monoisotopic (exact) mass is 607 g/mol. The largest absolute Gasteiger partial charge is 2.00 e. The minimum absolute atomic E-state index is 0. The molecular formula is C19H15F3N8Pt. The van der Waals surface area contributed by atoms with E-state index >= 15 is 0 Å². The van der Waals surface area contributed by atoms with Crippen molar-refractivity contribution in [3.63, 3.8) is 0 Å². The van der Waals surface area contributed by atoms with E-state index in [-0.39, 0.29) is 27.0 Å². The van der Waals surface area contributed by atoms with Gasteiger partial charge in [-0.1, -0.05) is 19.3 Å². The van der Waals surface area contributed by atoms with Gasteiger partial charge in [-0.3, -0.25) is 30.1 Å². The van der Waals surface area contributed by atoms with Crippen LogP contribution in [0.2, 0.25) is 0 Å². The Hall–Kier alpha value is -2.94. The van der Waals surface area contributed by atoms with E-state index in [2.05, 4.69) is 42.5 Å². The summed E-state index contributed by atoms with van der Waals surface area (Å²) in [4.78, 5) is 17.2. The number of alkyl halides is 3. The number of hydrogen-bond acceptors (Lipinski definition) is 6. The van der Waals surface area contributed by atoms with Crippen LogP contribution in [0.4, 0.5) is 13.2 Å². The molecule has 4 aromatic rings. The maximum atomic E-state index is 12.8. The Morgan fingerprint density at radius 1 is 0.806 bits per heavy atom. The number of rotatable bonds is 4. The Morgan fingerprint density at radius 2 is 1.32 bits per heavy atom. The molecule has 0 spiro atoms. The van der Waals surface area contributed by atoms with Gasteiger partial charge in [-0.2, -0.15) is 13.2 Å². The normalized spacial score (nSPS) is 11.9. The van der Waals surface area contributed by atoms with Gasteiger partial charge in [-0.05, 0) is 31.7 Å². The molecule has 0 atom stereocenters. The molecule has 0 fully saturated rings. The number of hydrogen-bond donors (Lipinski definition) is 0. The molecule has 4 aromatic heterocycles. The molecule has 12 heteroatoms. The molecule has 0 aromatic carbocycles. The van der Waals surface area contributed by atoms with Crippen LogP contribution >= 0.6 is 0 Å². The van der Waals surface area contributed by atoms with Crippen LogP contribution < -0.4 is 0 Å². The summed E-state index contributed by atoms with van der Waals surface area (Å²) in [7, 11) is 0. The van der Waals surface area contributed by atoms with Crippen LogP contribution in [0.3, 0.4) is 0 Å². The molecule has 0 aliphatic heterocycles. The van der Waals surface area contributed by atoms with Gasteiger partial charge < -0.3 is 9.36 Å². The first-order chi connectivity index (χ1) is 14.1. The van der Waals surface area contributed by atoms with Crippen molar-refractivity contribution in [3.8, 4) is 11.9 Å². The zero-order chi connectivity index (χ0) is 21.5. The predicted molar refractivity (Wildman–Crippen MR) is 97.8 cm³/mol. The first kappa shape index (κ1) is 22.7. The van der Waals surface area contributed by atoms with Crippen LogP contribution in [-0.2, 0) is 32.7 Å². The third kappa shape index (κ3) is 4.56. The fourth-order valence-corrected chi connectivity index (χ4v) is 2.73. The Balaban J connectivity index is 0.00000272. The summed E-state index contributed by atoms with van der Waals surface area (Å²) in [6.45, 7) is 5.61. The minimum Gasteiger partial charge on any atom is -0.328 e. The summed E-state index contributed by atoms with van der Waals surface area (Å²) < 4.78 is 40.8. The van der Waals surface area contributed by atoms with Gasteiger partial charge in [0.05, 0.1) is 5.69 Å². The van der Waals surface area contributed by atoms with Crippen LogP contribution in [0.15, 0.2) is 36.7 Å². The molecule has 0 amide bonds. The zero-order valence-electron chi connectivity index (χ0n) is 16.5. The quantitative estimate of drug-likeness (QED) is 0.332. The van der Waals surface area contributed by atoms with E-state index in [9.17, 15) is 13.2 Å². The number of aromatic nitrogens is 8. The summed E-state index contributed by atoms with van der Waals surface area (Å²) >= 11 is 0.